The van der Waals surface area contributed by atoms with E-state index in [0.29, 0.717) is 11.1 Å². The first-order chi connectivity index (χ1) is 7.61. The molecule has 0 amide bonds. The smallest absolute Gasteiger partial charge is 0.343 e. The Kier molecular flexibility index (Phi) is 2.52. The number of benzene rings is 1. The highest BCUT2D eigenvalue weighted by atomic mass is 16.4. The Bertz CT molecular complexity index is 596. The van der Waals surface area contributed by atoms with Crippen LogP contribution in [0, 0.1) is 0 Å². The van der Waals surface area contributed by atoms with Crippen LogP contribution in [0.4, 0.5) is 5.69 Å². The van der Waals surface area contributed by atoms with E-state index in [1.165, 1.54) is 6.08 Å². The molecule has 0 saturated carbocycles. The average Bonchev–Trinajstić information content (AvgIpc) is 2.27. The first-order valence-electron chi connectivity index (χ1n) is 4.99. The van der Waals surface area contributed by atoms with E-state index in [9.17, 15) is 4.79 Å². The molecule has 2 aromatic rings. The molecule has 0 aliphatic rings. The first kappa shape index (κ1) is 10.5. The summed E-state index contributed by atoms with van der Waals surface area (Å²) in [5.41, 5.74) is 1.74. The summed E-state index contributed by atoms with van der Waals surface area (Å²) in [6, 6.07) is 7.55. The van der Waals surface area contributed by atoms with Gasteiger partial charge in [-0.1, -0.05) is 12.7 Å². The van der Waals surface area contributed by atoms with Crippen LogP contribution >= 0.6 is 0 Å². The third-order valence-electron chi connectivity index (χ3n) is 2.48. The fourth-order valence-corrected chi connectivity index (χ4v) is 1.54. The molecule has 0 fully saturated rings. The second-order valence-electron chi connectivity index (χ2n) is 3.81. The van der Waals surface area contributed by atoms with Gasteiger partial charge >= 0.3 is 5.63 Å². The van der Waals surface area contributed by atoms with Crippen LogP contribution in [0.5, 0.6) is 0 Å². The van der Waals surface area contributed by atoms with Crippen molar-refractivity contribution in [3.8, 4) is 0 Å². The zero-order valence-electron chi connectivity index (χ0n) is 9.36. The van der Waals surface area contributed by atoms with Gasteiger partial charge in [-0.05, 0) is 18.2 Å². The predicted octanol–water partition coefficient (Wildman–Crippen LogP) is 2.50. The zero-order chi connectivity index (χ0) is 11.7. The highest BCUT2D eigenvalue weighted by molar-refractivity contribution is 5.82. The van der Waals surface area contributed by atoms with E-state index in [1.54, 1.807) is 6.07 Å². The fourth-order valence-electron chi connectivity index (χ4n) is 1.54. The lowest BCUT2D eigenvalue weighted by atomic mass is 10.1. The molecule has 1 aromatic carbocycles. The van der Waals surface area contributed by atoms with E-state index in [-0.39, 0.29) is 5.63 Å². The highest BCUT2D eigenvalue weighted by Gasteiger charge is 2.04. The van der Waals surface area contributed by atoms with Gasteiger partial charge in [-0.2, -0.15) is 0 Å². The molecule has 1 aromatic heterocycles. The molecular weight excluding hydrogens is 202 g/mol. The number of rotatable bonds is 2. The Morgan fingerprint density at radius 2 is 2.06 bits per heavy atom. The fraction of sp³-hybridized carbons (Fsp3) is 0.154. The van der Waals surface area contributed by atoms with E-state index < -0.39 is 0 Å². The van der Waals surface area contributed by atoms with Gasteiger partial charge in [-0.15, -0.1) is 0 Å². The molecule has 0 spiro atoms. The molecule has 0 bridgehead atoms. The topological polar surface area (TPSA) is 33.5 Å². The van der Waals surface area contributed by atoms with Crippen LogP contribution in [0.2, 0.25) is 0 Å². The molecule has 0 aliphatic heterocycles. The standard InChI is InChI=1S/C13H13NO2/c1-4-9-7-10-5-6-11(14(2)3)8-12(10)16-13(9)15/h4-8H,1H2,2-3H3. The van der Waals surface area contributed by atoms with Crippen molar-refractivity contribution in [3.63, 3.8) is 0 Å². The number of anilines is 1. The third-order valence-corrected chi connectivity index (χ3v) is 2.48. The quantitative estimate of drug-likeness (QED) is 0.722. The predicted molar refractivity (Wildman–Crippen MR) is 66.9 cm³/mol. The van der Waals surface area contributed by atoms with Crippen molar-refractivity contribution < 1.29 is 4.42 Å². The summed E-state index contributed by atoms with van der Waals surface area (Å²) in [6.07, 6.45) is 1.51. The van der Waals surface area contributed by atoms with E-state index >= 15 is 0 Å². The van der Waals surface area contributed by atoms with Gasteiger partial charge in [-0.25, -0.2) is 4.79 Å². The molecule has 0 radical (unpaired) electrons. The molecule has 16 heavy (non-hydrogen) atoms. The maximum Gasteiger partial charge on any atom is 0.343 e. The third kappa shape index (κ3) is 1.72. The van der Waals surface area contributed by atoms with Crippen LogP contribution in [0.3, 0.4) is 0 Å². The van der Waals surface area contributed by atoms with Gasteiger partial charge in [-0.3, -0.25) is 0 Å². The van der Waals surface area contributed by atoms with Crippen LogP contribution in [-0.4, -0.2) is 14.1 Å². The number of nitrogens with zero attached hydrogens (tertiary/aromatic N) is 1. The van der Waals surface area contributed by atoms with Crippen molar-refractivity contribution in [2.75, 3.05) is 19.0 Å². The summed E-state index contributed by atoms with van der Waals surface area (Å²) >= 11 is 0. The van der Waals surface area contributed by atoms with E-state index in [2.05, 4.69) is 6.58 Å². The van der Waals surface area contributed by atoms with Gasteiger partial charge in [0.2, 0.25) is 0 Å². The zero-order valence-corrected chi connectivity index (χ0v) is 9.36. The summed E-state index contributed by atoms with van der Waals surface area (Å²) < 4.78 is 5.22. The average molecular weight is 215 g/mol. The number of hydrogen-bond acceptors (Lipinski definition) is 3. The Balaban J connectivity index is 2.71. The Morgan fingerprint density at radius 1 is 1.31 bits per heavy atom. The maximum atomic E-state index is 11.5. The van der Waals surface area contributed by atoms with E-state index in [4.69, 9.17) is 4.42 Å². The first-order valence-corrected chi connectivity index (χ1v) is 4.99. The van der Waals surface area contributed by atoms with E-state index in [1.807, 2.05) is 37.2 Å². The minimum atomic E-state index is -0.349. The van der Waals surface area contributed by atoms with Crippen molar-refractivity contribution in [1.82, 2.24) is 0 Å². The van der Waals surface area contributed by atoms with Gasteiger partial charge in [0.1, 0.15) is 5.58 Å². The van der Waals surface area contributed by atoms with Crippen LogP contribution < -0.4 is 10.5 Å². The SMILES string of the molecule is C=Cc1cc2ccc(N(C)C)cc2oc1=O. The van der Waals surface area contributed by atoms with Crippen molar-refractivity contribution >= 4 is 22.7 Å². The molecule has 0 unspecified atom stereocenters. The Morgan fingerprint density at radius 3 is 2.69 bits per heavy atom. The lowest BCUT2D eigenvalue weighted by molar-refractivity contribution is 0.559. The molecule has 82 valence electrons. The van der Waals surface area contributed by atoms with Crippen LogP contribution in [0.15, 0.2) is 40.1 Å². The molecule has 2 rings (SSSR count). The molecule has 1 heterocycles. The Labute approximate surface area is 93.6 Å². The monoisotopic (exact) mass is 215 g/mol. The van der Waals surface area contributed by atoms with Crippen molar-refractivity contribution in [3.05, 3.63) is 46.8 Å². The van der Waals surface area contributed by atoms with Crippen LogP contribution in [0.25, 0.3) is 17.0 Å². The molecule has 3 heteroatoms. The summed E-state index contributed by atoms with van der Waals surface area (Å²) in [5, 5.41) is 0.903. The normalized spacial score (nSPS) is 10.4. The molecule has 0 saturated heterocycles. The van der Waals surface area contributed by atoms with Gasteiger partial charge in [0, 0.05) is 31.2 Å². The second kappa shape index (κ2) is 3.85. The van der Waals surface area contributed by atoms with Crippen LogP contribution in [0.1, 0.15) is 5.56 Å². The van der Waals surface area contributed by atoms with Gasteiger partial charge in [0.25, 0.3) is 0 Å². The van der Waals surface area contributed by atoms with E-state index in [0.717, 1.165) is 11.1 Å². The maximum absolute atomic E-state index is 11.5. The Hall–Kier alpha value is -2.03. The molecule has 0 atom stereocenters. The van der Waals surface area contributed by atoms with Crippen molar-refractivity contribution in [2.24, 2.45) is 0 Å². The van der Waals surface area contributed by atoms with Crippen molar-refractivity contribution in [1.29, 1.82) is 0 Å². The summed E-state index contributed by atoms with van der Waals surface area (Å²) in [6.45, 7) is 3.58. The lowest BCUT2D eigenvalue weighted by Crippen LogP contribution is -2.08. The minimum absolute atomic E-state index is 0.349. The second-order valence-corrected chi connectivity index (χ2v) is 3.81. The van der Waals surface area contributed by atoms with Gasteiger partial charge in [0.05, 0.1) is 5.56 Å². The minimum Gasteiger partial charge on any atom is -0.422 e. The molecule has 0 aliphatic carbocycles. The lowest BCUT2D eigenvalue weighted by Gasteiger charge is -2.12. The van der Waals surface area contributed by atoms with Crippen molar-refractivity contribution in [2.45, 2.75) is 0 Å². The highest BCUT2D eigenvalue weighted by Crippen LogP contribution is 2.20. The summed E-state index contributed by atoms with van der Waals surface area (Å²) in [5.74, 6) is 0. The molecule has 0 N–H and O–H groups in total. The summed E-state index contributed by atoms with van der Waals surface area (Å²) in [4.78, 5) is 13.5. The number of hydrogen-bond donors (Lipinski definition) is 0. The van der Waals surface area contributed by atoms with Gasteiger partial charge < -0.3 is 9.32 Å². The molecule has 3 nitrogen and oxygen atoms in total. The summed E-state index contributed by atoms with van der Waals surface area (Å²) in [7, 11) is 3.88. The van der Waals surface area contributed by atoms with Gasteiger partial charge in [0.15, 0.2) is 0 Å². The molecular formula is C13H13NO2. The largest absolute Gasteiger partial charge is 0.422 e. The van der Waals surface area contributed by atoms with Crippen LogP contribution in [-0.2, 0) is 0 Å². The number of fused-ring (bicyclic) bond motifs is 1.